The molecule has 2 aromatic heterocycles. The van der Waals surface area contributed by atoms with Crippen LogP contribution < -0.4 is 0 Å². The molecule has 0 radical (unpaired) electrons. The molecule has 2 heterocycles. The number of benzene rings is 1. The molecule has 18 heavy (non-hydrogen) atoms. The largest absolute Gasteiger partial charge is 0.476 e. The highest BCUT2D eigenvalue weighted by molar-refractivity contribution is 7.21. The van der Waals surface area contributed by atoms with E-state index in [1.165, 1.54) is 23.7 Å². The first-order valence-electron chi connectivity index (χ1n) is 5.16. The second-order valence-corrected chi connectivity index (χ2v) is 4.58. The van der Waals surface area contributed by atoms with Crippen LogP contribution in [0.4, 0.5) is 0 Å². The van der Waals surface area contributed by atoms with Crippen molar-refractivity contribution in [2.24, 2.45) is 0 Å². The van der Waals surface area contributed by atoms with Gasteiger partial charge in [-0.05, 0) is 12.1 Å². The zero-order chi connectivity index (χ0) is 12.5. The molecule has 1 aromatic carbocycles. The molecule has 5 nitrogen and oxygen atoms in total. The van der Waals surface area contributed by atoms with E-state index in [0.717, 1.165) is 10.2 Å². The van der Waals surface area contributed by atoms with Crippen molar-refractivity contribution in [2.45, 2.75) is 0 Å². The van der Waals surface area contributed by atoms with Gasteiger partial charge in [0.15, 0.2) is 5.69 Å². The molecule has 0 unspecified atom stereocenters. The van der Waals surface area contributed by atoms with Crippen LogP contribution in [-0.2, 0) is 0 Å². The molecule has 3 aromatic rings. The lowest BCUT2D eigenvalue weighted by atomic mass is 10.3. The summed E-state index contributed by atoms with van der Waals surface area (Å²) in [5.74, 6) is -1.10. The van der Waals surface area contributed by atoms with Crippen molar-refractivity contribution in [3.63, 3.8) is 0 Å². The quantitative estimate of drug-likeness (QED) is 0.763. The highest BCUT2D eigenvalue weighted by atomic mass is 32.1. The van der Waals surface area contributed by atoms with Gasteiger partial charge in [0.05, 0.1) is 10.2 Å². The number of carbonyl (C=O) groups is 1. The summed E-state index contributed by atoms with van der Waals surface area (Å²) in [5, 5.41) is 9.65. The van der Waals surface area contributed by atoms with E-state index in [2.05, 4.69) is 15.0 Å². The Morgan fingerprint density at radius 3 is 2.72 bits per heavy atom. The summed E-state index contributed by atoms with van der Waals surface area (Å²) in [5.41, 5.74) is 1.07. The first-order chi connectivity index (χ1) is 8.75. The Balaban J connectivity index is 2.23. The van der Waals surface area contributed by atoms with Crippen molar-refractivity contribution >= 4 is 27.5 Å². The van der Waals surface area contributed by atoms with Gasteiger partial charge in [-0.1, -0.05) is 12.1 Å². The molecule has 0 saturated carbocycles. The van der Waals surface area contributed by atoms with Gasteiger partial charge in [-0.25, -0.2) is 19.7 Å². The third-order valence-electron chi connectivity index (χ3n) is 2.40. The van der Waals surface area contributed by atoms with Crippen molar-refractivity contribution in [1.82, 2.24) is 15.0 Å². The number of hydrogen-bond acceptors (Lipinski definition) is 5. The van der Waals surface area contributed by atoms with E-state index in [1.54, 1.807) is 0 Å². The lowest BCUT2D eigenvalue weighted by molar-refractivity contribution is 0.0691. The second kappa shape index (κ2) is 4.15. The lowest BCUT2D eigenvalue weighted by Gasteiger charge is -1.98. The van der Waals surface area contributed by atoms with Crippen molar-refractivity contribution in [3.8, 4) is 10.7 Å². The van der Waals surface area contributed by atoms with Gasteiger partial charge >= 0.3 is 5.97 Å². The van der Waals surface area contributed by atoms with E-state index in [1.807, 2.05) is 24.3 Å². The maximum Gasteiger partial charge on any atom is 0.356 e. The molecule has 88 valence electrons. The molecule has 0 aliphatic heterocycles. The van der Waals surface area contributed by atoms with E-state index >= 15 is 0 Å². The smallest absolute Gasteiger partial charge is 0.356 e. The molecule has 0 spiro atoms. The first-order valence-corrected chi connectivity index (χ1v) is 5.97. The summed E-state index contributed by atoms with van der Waals surface area (Å²) in [4.78, 5) is 23.4. The number of carboxylic acids is 1. The molecule has 0 bridgehead atoms. The number of rotatable bonds is 2. The van der Waals surface area contributed by atoms with Crippen LogP contribution in [0.15, 0.2) is 36.7 Å². The molecule has 1 N–H and O–H groups in total. The van der Waals surface area contributed by atoms with Crippen LogP contribution in [-0.4, -0.2) is 26.0 Å². The van der Waals surface area contributed by atoms with Gasteiger partial charge in [-0.3, -0.25) is 0 Å². The zero-order valence-electron chi connectivity index (χ0n) is 9.07. The van der Waals surface area contributed by atoms with E-state index in [0.29, 0.717) is 10.7 Å². The molecule has 6 heteroatoms. The number of carboxylic acid groups (broad SMARTS) is 1. The fraction of sp³-hybridized carbons (Fsp3) is 0. The number of thiazole rings is 1. The molecule has 0 atom stereocenters. The summed E-state index contributed by atoms with van der Waals surface area (Å²) in [6.45, 7) is 0. The van der Waals surface area contributed by atoms with Gasteiger partial charge in [0.1, 0.15) is 10.7 Å². The van der Waals surface area contributed by atoms with Gasteiger partial charge in [0.25, 0.3) is 0 Å². The topological polar surface area (TPSA) is 76.0 Å². The fourth-order valence-electron chi connectivity index (χ4n) is 1.62. The number of hydrogen-bond donors (Lipinski definition) is 1. The first kappa shape index (κ1) is 10.8. The van der Waals surface area contributed by atoms with Crippen LogP contribution in [0.5, 0.6) is 0 Å². The Labute approximate surface area is 106 Å². The van der Waals surface area contributed by atoms with Crippen LogP contribution in [0, 0.1) is 0 Å². The van der Waals surface area contributed by atoms with Crippen LogP contribution in [0.3, 0.4) is 0 Å². The number of fused-ring (bicyclic) bond motifs is 1. The standard InChI is InChI=1S/C12H7N3O2S/c16-12(17)10-9(13-5-6-14-10)11-15-7-3-1-2-4-8(7)18-11/h1-6H,(H,16,17). The number of para-hydroxylation sites is 1. The average molecular weight is 257 g/mol. The summed E-state index contributed by atoms with van der Waals surface area (Å²) in [6, 6.07) is 7.62. The van der Waals surface area contributed by atoms with E-state index in [4.69, 9.17) is 5.11 Å². The van der Waals surface area contributed by atoms with Crippen molar-refractivity contribution < 1.29 is 9.90 Å². The van der Waals surface area contributed by atoms with Gasteiger partial charge in [0, 0.05) is 12.4 Å². The van der Waals surface area contributed by atoms with Crippen LogP contribution in [0.2, 0.25) is 0 Å². The molecular weight excluding hydrogens is 250 g/mol. The average Bonchev–Trinajstić information content (AvgIpc) is 2.82. The Morgan fingerprint density at radius 1 is 1.17 bits per heavy atom. The third kappa shape index (κ3) is 1.72. The lowest BCUT2D eigenvalue weighted by Crippen LogP contribution is -2.04. The van der Waals surface area contributed by atoms with E-state index < -0.39 is 5.97 Å². The minimum Gasteiger partial charge on any atom is -0.476 e. The van der Waals surface area contributed by atoms with Gasteiger partial charge in [0.2, 0.25) is 0 Å². The second-order valence-electron chi connectivity index (χ2n) is 3.55. The summed E-state index contributed by atoms with van der Waals surface area (Å²) in [7, 11) is 0. The molecule has 3 rings (SSSR count). The number of aromatic carboxylic acids is 1. The highest BCUT2D eigenvalue weighted by Crippen LogP contribution is 2.29. The van der Waals surface area contributed by atoms with E-state index in [-0.39, 0.29) is 5.69 Å². The predicted octanol–water partition coefficient (Wildman–Crippen LogP) is 2.45. The SMILES string of the molecule is O=C(O)c1nccnc1-c1nc2ccccc2s1. The van der Waals surface area contributed by atoms with Crippen molar-refractivity contribution in [2.75, 3.05) is 0 Å². The molecule has 0 saturated heterocycles. The van der Waals surface area contributed by atoms with Gasteiger partial charge in [-0.15, -0.1) is 11.3 Å². The van der Waals surface area contributed by atoms with Crippen LogP contribution >= 0.6 is 11.3 Å². The molecule has 0 fully saturated rings. The van der Waals surface area contributed by atoms with Crippen LogP contribution in [0.1, 0.15) is 10.5 Å². The summed E-state index contributed by atoms with van der Waals surface area (Å²) in [6.07, 6.45) is 2.83. The van der Waals surface area contributed by atoms with Crippen molar-refractivity contribution in [1.29, 1.82) is 0 Å². The minimum atomic E-state index is -1.10. The third-order valence-corrected chi connectivity index (χ3v) is 3.44. The molecule has 0 aliphatic carbocycles. The Hall–Kier alpha value is -2.34. The maximum atomic E-state index is 11.1. The van der Waals surface area contributed by atoms with Gasteiger partial charge < -0.3 is 5.11 Å². The monoisotopic (exact) mass is 257 g/mol. The maximum absolute atomic E-state index is 11.1. The Bertz CT molecular complexity index is 706. The van der Waals surface area contributed by atoms with Gasteiger partial charge in [-0.2, -0.15) is 0 Å². The molecule has 0 aliphatic rings. The summed E-state index contributed by atoms with van der Waals surface area (Å²) < 4.78 is 0.995. The number of aromatic nitrogens is 3. The fourth-order valence-corrected chi connectivity index (χ4v) is 2.59. The van der Waals surface area contributed by atoms with Crippen LogP contribution in [0.25, 0.3) is 20.9 Å². The minimum absolute atomic E-state index is 0.0726. The normalized spacial score (nSPS) is 10.7. The zero-order valence-corrected chi connectivity index (χ0v) is 9.89. The van der Waals surface area contributed by atoms with Crippen molar-refractivity contribution in [3.05, 3.63) is 42.4 Å². The molecular formula is C12H7N3O2S. The Kier molecular flexibility index (Phi) is 2.49. The van der Waals surface area contributed by atoms with E-state index in [9.17, 15) is 4.79 Å². The predicted molar refractivity (Wildman–Crippen MR) is 67.6 cm³/mol. The number of nitrogens with zero attached hydrogens (tertiary/aromatic N) is 3. The highest BCUT2D eigenvalue weighted by Gasteiger charge is 2.17. The Morgan fingerprint density at radius 2 is 1.94 bits per heavy atom. The summed E-state index contributed by atoms with van der Waals surface area (Å²) >= 11 is 1.40. The molecule has 0 amide bonds.